The third kappa shape index (κ3) is 6.20. The van der Waals surface area contributed by atoms with E-state index in [1.807, 2.05) is 27.7 Å². The minimum Gasteiger partial charge on any atom is -0.459 e. The van der Waals surface area contributed by atoms with E-state index in [0.717, 1.165) is 16.7 Å². The molecule has 5 nitrogen and oxygen atoms in total. The summed E-state index contributed by atoms with van der Waals surface area (Å²) in [5, 5.41) is 12.9. The maximum atomic E-state index is 11.5. The Morgan fingerprint density at radius 3 is 2.78 bits per heavy atom. The summed E-state index contributed by atoms with van der Waals surface area (Å²) in [6.07, 6.45) is 0. The molecule has 102 valence electrons. The molecule has 18 heavy (non-hydrogen) atoms. The average Bonchev–Trinajstić information content (AvgIpc) is 2.63. The van der Waals surface area contributed by atoms with Gasteiger partial charge >= 0.3 is 5.97 Å². The van der Waals surface area contributed by atoms with Crippen molar-refractivity contribution in [2.75, 3.05) is 17.6 Å². The van der Waals surface area contributed by atoms with Gasteiger partial charge in [-0.15, -0.1) is 22.0 Å². The molecule has 0 aliphatic carbocycles. The Labute approximate surface area is 116 Å². The Morgan fingerprint density at radius 2 is 2.17 bits per heavy atom. The van der Waals surface area contributed by atoms with Crippen LogP contribution in [0.3, 0.4) is 0 Å². The van der Waals surface area contributed by atoms with Crippen LogP contribution in [0.4, 0.5) is 5.13 Å². The third-order valence-corrected chi connectivity index (χ3v) is 3.64. The molecule has 0 fully saturated rings. The molecule has 1 heterocycles. The molecule has 0 atom stereocenters. The minimum absolute atomic E-state index is 0.191. The standard InChI is InChI=1S/C11H19N3O2S2/c1-5-12-10-14-13-8(18-10)6-17-7-9(15)16-11(2,3)4/h5-7H2,1-4H3,(H,12,14). The molecule has 0 aliphatic rings. The van der Waals surface area contributed by atoms with Gasteiger partial charge in [-0.05, 0) is 27.7 Å². The van der Waals surface area contributed by atoms with Crippen molar-refractivity contribution in [2.24, 2.45) is 0 Å². The lowest BCUT2D eigenvalue weighted by Crippen LogP contribution is -2.24. The molecule has 1 aromatic heterocycles. The SMILES string of the molecule is CCNc1nnc(CSCC(=O)OC(C)(C)C)s1. The molecular weight excluding hydrogens is 270 g/mol. The lowest BCUT2D eigenvalue weighted by Gasteiger charge is -2.19. The highest BCUT2D eigenvalue weighted by molar-refractivity contribution is 7.99. The summed E-state index contributed by atoms with van der Waals surface area (Å²) in [5.74, 6) is 0.833. The van der Waals surface area contributed by atoms with Crippen molar-refractivity contribution in [3.63, 3.8) is 0 Å². The molecule has 0 spiro atoms. The van der Waals surface area contributed by atoms with Crippen molar-refractivity contribution in [2.45, 2.75) is 39.0 Å². The quantitative estimate of drug-likeness (QED) is 0.812. The van der Waals surface area contributed by atoms with Crippen molar-refractivity contribution < 1.29 is 9.53 Å². The normalized spacial score (nSPS) is 11.3. The maximum Gasteiger partial charge on any atom is 0.316 e. The first kappa shape index (κ1) is 15.2. The van der Waals surface area contributed by atoms with Crippen LogP contribution in [-0.4, -0.2) is 34.1 Å². The van der Waals surface area contributed by atoms with Gasteiger partial charge in [-0.25, -0.2) is 0 Å². The van der Waals surface area contributed by atoms with E-state index < -0.39 is 5.60 Å². The number of nitrogens with zero attached hydrogens (tertiary/aromatic N) is 2. The van der Waals surface area contributed by atoms with Gasteiger partial charge in [0.05, 0.1) is 5.75 Å². The number of ether oxygens (including phenoxy) is 1. The van der Waals surface area contributed by atoms with Crippen LogP contribution < -0.4 is 5.32 Å². The first-order chi connectivity index (χ1) is 8.40. The molecule has 0 amide bonds. The van der Waals surface area contributed by atoms with E-state index in [1.165, 1.54) is 23.1 Å². The largest absolute Gasteiger partial charge is 0.459 e. The zero-order valence-electron chi connectivity index (χ0n) is 11.1. The van der Waals surface area contributed by atoms with Gasteiger partial charge in [0.25, 0.3) is 0 Å². The van der Waals surface area contributed by atoms with Crippen LogP contribution in [0.1, 0.15) is 32.7 Å². The summed E-state index contributed by atoms with van der Waals surface area (Å²) in [6.45, 7) is 8.44. The average molecular weight is 289 g/mol. The second-order valence-corrected chi connectivity index (χ2v) is 6.66. The number of nitrogens with one attached hydrogen (secondary N) is 1. The number of anilines is 1. The second-order valence-electron chi connectivity index (χ2n) is 4.61. The number of rotatable bonds is 6. The van der Waals surface area contributed by atoms with Gasteiger partial charge in [-0.2, -0.15) is 0 Å². The Bertz CT molecular complexity index is 388. The molecule has 0 aliphatic heterocycles. The fourth-order valence-electron chi connectivity index (χ4n) is 1.13. The van der Waals surface area contributed by atoms with Crippen molar-refractivity contribution in [3.8, 4) is 0 Å². The Morgan fingerprint density at radius 1 is 1.44 bits per heavy atom. The van der Waals surface area contributed by atoms with E-state index in [2.05, 4.69) is 15.5 Å². The third-order valence-electron chi connectivity index (χ3n) is 1.66. The van der Waals surface area contributed by atoms with E-state index in [0.29, 0.717) is 11.5 Å². The van der Waals surface area contributed by atoms with Crippen molar-refractivity contribution in [1.82, 2.24) is 10.2 Å². The molecule has 0 radical (unpaired) electrons. The van der Waals surface area contributed by atoms with Gasteiger partial charge < -0.3 is 10.1 Å². The predicted octanol–water partition coefficient (Wildman–Crippen LogP) is 2.54. The van der Waals surface area contributed by atoms with Crippen molar-refractivity contribution in [3.05, 3.63) is 5.01 Å². The molecule has 1 N–H and O–H groups in total. The van der Waals surface area contributed by atoms with Crippen LogP contribution in [0.2, 0.25) is 0 Å². The number of thioether (sulfide) groups is 1. The molecule has 1 aromatic rings. The maximum absolute atomic E-state index is 11.5. The smallest absolute Gasteiger partial charge is 0.316 e. The number of hydrogen-bond donors (Lipinski definition) is 1. The summed E-state index contributed by atoms with van der Waals surface area (Å²) in [5.41, 5.74) is -0.418. The van der Waals surface area contributed by atoms with E-state index in [-0.39, 0.29) is 5.97 Å². The summed E-state index contributed by atoms with van der Waals surface area (Å²) >= 11 is 3.01. The van der Waals surface area contributed by atoms with Crippen molar-refractivity contribution in [1.29, 1.82) is 0 Å². The molecule has 0 unspecified atom stereocenters. The van der Waals surface area contributed by atoms with Gasteiger partial charge in [0.1, 0.15) is 10.6 Å². The highest BCUT2D eigenvalue weighted by atomic mass is 32.2. The zero-order valence-corrected chi connectivity index (χ0v) is 12.8. The Balaban J connectivity index is 2.26. The molecule has 7 heteroatoms. The van der Waals surface area contributed by atoms with Crippen LogP contribution in [0, 0.1) is 0 Å². The van der Waals surface area contributed by atoms with Crippen LogP contribution >= 0.6 is 23.1 Å². The van der Waals surface area contributed by atoms with Crippen molar-refractivity contribution >= 4 is 34.2 Å². The Hall–Kier alpha value is -0.820. The van der Waals surface area contributed by atoms with Gasteiger partial charge in [-0.3, -0.25) is 4.79 Å². The van der Waals surface area contributed by atoms with Gasteiger partial charge in [0.2, 0.25) is 5.13 Å². The first-order valence-corrected chi connectivity index (χ1v) is 7.73. The second kappa shape index (κ2) is 6.94. The van der Waals surface area contributed by atoms with E-state index in [9.17, 15) is 4.79 Å². The topological polar surface area (TPSA) is 64.1 Å². The Kier molecular flexibility index (Phi) is 5.87. The fourth-order valence-corrected chi connectivity index (χ4v) is 2.78. The monoisotopic (exact) mass is 289 g/mol. The summed E-state index contributed by atoms with van der Waals surface area (Å²) in [7, 11) is 0. The number of carbonyl (C=O) groups excluding carboxylic acids is 1. The van der Waals surface area contributed by atoms with Crippen LogP contribution in [0.15, 0.2) is 0 Å². The highest BCUT2D eigenvalue weighted by Crippen LogP contribution is 2.20. The number of aromatic nitrogens is 2. The molecule has 0 saturated heterocycles. The summed E-state index contributed by atoms with van der Waals surface area (Å²) < 4.78 is 5.21. The fraction of sp³-hybridized carbons (Fsp3) is 0.727. The molecule has 1 rings (SSSR count). The zero-order chi connectivity index (χ0) is 13.6. The summed E-state index contributed by atoms with van der Waals surface area (Å²) in [6, 6.07) is 0. The molecule has 0 aromatic carbocycles. The lowest BCUT2D eigenvalue weighted by atomic mass is 10.2. The minimum atomic E-state index is -0.418. The predicted molar refractivity (Wildman–Crippen MR) is 76.1 cm³/mol. The number of hydrogen-bond acceptors (Lipinski definition) is 7. The van der Waals surface area contributed by atoms with Crippen LogP contribution in [0.5, 0.6) is 0 Å². The van der Waals surface area contributed by atoms with E-state index in [4.69, 9.17) is 4.74 Å². The molecular formula is C11H19N3O2S2. The van der Waals surface area contributed by atoms with Gasteiger partial charge in [0, 0.05) is 12.3 Å². The summed E-state index contributed by atoms with van der Waals surface area (Å²) in [4.78, 5) is 11.5. The van der Waals surface area contributed by atoms with E-state index >= 15 is 0 Å². The van der Waals surface area contributed by atoms with Gasteiger partial charge in [0.15, 0.2) is 0 Å². The number of carbonyl (C=O) groups is 1. The first-order valence-electron chi connectivity index (χ1n) is 5.76. The molecule has 0 saturated carbocycles. The van der Waals surface area contributed by atoms with Crippen LogP contribution in [0.25, 0.3) is 0 Å². The van der Waals surface area contributed by atoms with Gasteiger partial charge in [-0.1, -0.05) is 11.3 Å². The van der Waals surface area contributed by atoms with E-state index in [1.54, 1.807) is 0 Å². The highest BCUT2D eigenvalue weighted by Gasteiger charge is 2.16. The molecule has 0 bridgehead atoms. The lowest BCUT2D eigenvalue weighted by molar-refractivity contribution is -0.151. The number of esters is 1. The van der Waals surface area contributed by atoms with Crippen LogP contribution in [-0.2, 0) is 15.3 Å².